The van der Waals surface area contributed by atoms with Crippen molar-refractivity contribution in [2.24, 2.45) is 0 Å². The predicted octanol–water partition coefficient (Wildman–Crippen LogP) is 1.01. The molecule has 114 valence electrons. The molecule has 4 rings (SSSR count). The fraction of sp³-hybridized carbons (Fsp3) is 0.733. The predicted molar refractivity (Wildman–Crippen MR) is 80.4 cm³/mol. The molecule has 1 atom stereocenters. The average molecular weight is 289 g/mol. The van der Waals surface area contributed by atoms with Gasteiger partial charge in [0.2, 0.25) is 5.95 Å². The number of fused-ring (bicyclic) bond motifs is 2. The minimum absolute atomic E-state index is 0.104. The Bertz CT molecular complexity index is 517. The summed E-state index contributed by atoms with van der Waals surface area (Å²) < 4.78 is 2.07. The molecule has 0 bridgehead atoms. The van der Waals surface area contributed by atoms with E-state index < -0.39 is 0 Å². The molecule has 2 saturated heterocycles. The van der Waals surface area contributed by atoms with Crippen LogP contribution in [0.1, 0.15) is 36.2 Å². The third-order valence-electron chi connectivity index (χ3n) is 4.95. The molecule has 1 unspecified atom stereocenters. The second kappa shape index (κ2) is 5.33. The maximum Gasteiger partial charge on any atom is 0.274 e. The first kappa shape index (κ1) is 13.1. The number of amides is 1. The van der Waals surface area contributed by atoms with Crippen LogP contribution in [0, 0.1) is 0 Å². The van der Waals surface area contributed by atoms with Gasteiger partial charge in [0, 0.05) is 45.0 Å². The van der Waals surface area contributed by atoms with E-state index in [1.54, 1.807) is 0 Å². The van der Waals surface area contributed by atoms with Crippen LogP contribution in [-0.4, -0.2) is 64.0 Å². The van der Waals surface area contributed by atoms with E-state index in [2.05, 4.69) is 19.8 Å². The molecular weight excluding hydrogens is 266 g/mol. The summed E-state index contributed by atoms with van der Waals surface area (Å²) in [5, 5.41) is 3.26. The van der Waals surface area contributed by atoms with Gasteiger partial charge in [-0.15, -0.1) is 0 Å². The lowest BCUT2D eigenvalue weighted by Gasteiger charge is -2.25. The highest BCUT2D eigenvalue weighted by molar-refractivity contribution is 5.92. The molecule has 0 saturated carbocycles. The van der Waals surface area contributed by atoms with Crippen molar-refractivity contribution in [2.45, 2.75) is 38.3 Å². The van der Waals surface area contributed by atoms with Gasteiger partial charge < -0.3 is 14.8 Å². The summed E-state index contributed by atoms with van der Waals surface area (Å²) >= 11 is 0. The largest absolute Gasteiger partial charge is 0.356 e. The lowest BCUT2D eigenvalue weighted by Crippen LogP contribution is -2.39. The SMILES string of the molecule is O=C(c1cn2c(n1)NCCC2)N1CCCN2CCCC2C1. The molecule has 6 heteroatoms. The highest BCUT2D eigenvalue weighted by Gasteiger charge is 2.31. The number of carbonyl (C=O) groups is 1. The number of hydrogen-bond donors (Lipinski definition) is 1. The highest BCUT2D eigenvalue weighted by atomic mass is 16.2. The van der Waals surface area contributed by atoms with Gasteiger partial charge >= 0.3 is 0 Å². The first-order valence-electron chi connectivity index (χ1n) is 8.15. The van der Waals surface area contributed by atoms with E-state index in [-0.39, 0.29) is 5.91 Å². The van der Waals surface area contributed by atoms with Gasteiger partial charge in [0.05, 0.1) is 0 Å². The fourth-order valence-electron chi connectivity index (χ4n) is 3.83. The quantitative estimate of drug-likeness (QED) is 0.838. The lowest BCUT2D eigenvalue weighted by molar-refractivity contribution is 0.0738. The van der Waals surface area contributed by atoms with Gasteiger partial charge in [0.15, 0.2) is 0 Å². The minimum Gasteiger partial charge on any atom is -0.356 e. The molecule has 2 fully saturated rings. The van der Waals surface area contributed by atoms with Crippen LogP contribution in [0.25, 0.3) is 0 Å². The molecule has 1 N–H and O–H groups in total. The zero-order chi connectivity index (χ0) is 14.2. The normalized spacial score (nSPS) is 25.9. The molecule has 21 heavy (non-hydrogen) atoms. The Morgan fingerprint density at radius 1 is 1.19 bits per heavy atom. The second-order valence-electron chi connectivity index (χ2n) is 6.36. The molecule has 3 aliphatic heterocycles. The number of nitrogens with one attached hydrogen (secondary N) is 1. The lowest BCUT2D eigenvalue weighted by atomic mass is 10.2. The highest BCUT2D eigenvalue weighted by Crippen LogP contribution is 2.23. The standard InChI is InChI=1S/C15H23N5O/c21-14(13-11-20-7-2-5-16-15(20)17-13)19-9-3-8-18-6-1-4-12(18)10-19/h11-12H,1-10H2,(H,16,17). The van der Waals surface area contributed by atoms with Crippen molar-refractivity contribution in [1.29, 1.82) is 0 Å². The van der Waals surface area contributed by atoms with Gasteiger partial charge in [0.1, 0.15) is 5.69 Å². The van der Waals surface area contributed by atoms with Crippen molar-refractivity contribution < 1.29 is 4.79 Å². The summed E-state index contributed by atoms with van der Waals surface area (Å²) in [5.74, 6) is 0.953. The van der Waals surface area contributed by atoms with Gasteiger partial charge in [-0.2, -0.15) is 0 Å². The summed E-state index contributed by atoms with van der Waals surface area (Å²) in [6.07, 6.45) is 6.59. The first-order chi connectivity index (χ1) is 10.3. The van der Waals surface area contributed by atoms with E-state index in [9.17, 15) is 4.79 Å². The van der Waals surface area contributed by atoms with Crippen LogP contribution >= 0.6 is 0 Å². The fourth-order valence-corrected chi connectivity index (χ4v) is 3.83. The van der Waals surface area contributed by atoms with E-state index in [4.69, 9.17) is 0 Å². The second-order valence-corrected chi connectivity index (χ2v) is 6.36. The number of imidazole rings is 1. The summed E-state index contributed by atoms with van der Waals surface area (Å²) in [4.78, 5) is 21.8. The number of rotatable bonds is 1. The van der Waals surface area contributed by atoms with Crippen LogP contribution in [0.4, 0.5) is 5.95 Å². The number of carbonyl (C=O) groups excluding carboxylic acids is 1. The van der Waals surface area contributed by atoms with Crippen molar-refractivity contribution in [3.05, 3.63) is 11.9 Å². The van der Waals surface area contributed by atoms with Crippen LogP contribution < -0.4 is 5.32 Å². The Kier molecular flexibility index (Phi) is 3.33. The molecule has 1 aromatic rings. The molecule has 1 amide bonds. The van der Waals surface area contributed by atoms with Crippen molar-refractivity contribution in [3.63, 3.8) is 0 Å². The molecule has 0 aromatic carbocycles. The molecule has 0 spiro atoms. The molecule has 3 aliphatic rings. The number of aryl methyl sites for hydroxylation is 1. The third-order valence-corrected chi connectivity index (χ3v) is 4.95. The Morgan fingerprint density at radius 2 is 2.10 bits per heavy atom. The number of anilines is 1. The van der Waals surface area contributed by atoms with Crippen LogP contribution in [0.3, 0.4) is 0 Å². The third kappa shape index (κ3) is 2.41. The molecule has 6 nitrogen and oxygen atoms in total. The van der Waals surface area contributed by atoms with Crippen molar-refractivity contribution >= 4 is 11.9 Å². The van der Waals surface area contributed by atoms with Crippen LogP contribution in [-0.2, 0) is 6.54 Å². The van der Waals surface area contributed by atoms with Gasteiger partial charge in [-0.3, -0.25) is 9.69 Å². The van der Waals surface area contributed by atoms with Crippen molar-refractivity contribution in [1.82, 2.24) is 19.4 Å². The smallest absolute Gasteiger partial charge is 0.274 e. The van der Waals surface area contributed by atoms with Gasteiger partial charge in [-0.1, -0.05) is 0 Å². The molecule has 0 radical (unpaired) electrons. The van der Waals surface area contributed by atoms with E-state index in [1.807, 2.05) is 11.1 Å². The van der Waals surface area contributed by atoms with Crippen LogP contribution in [0.5, 0.6) is 0 Å². The van der Waals surface area contributed by atoms with E-state index >= 15 is 0 Å². The average Bonchev–Trinajstić information content (AvgIpc) is 3.08. The number of aromatic nitrogens is 2. The molecule has 1 aromatic heterocycles. The maximum atomic E-state index is 12.8. The number of nitrogens with zero attached hydrogens (tertiary/aromatic N) is 4. The Hall–Kier alpha value is -1.56. The monoisotopic (exact) mass is 289 g/mol. The summed E-state index contributed by atoms with van der Waals surface area (Å²) in [6.45, 7) is 5.98. The maximum absolute atomic E-state index is 12.8. The van der Waals surface area contributed by atoms with E-state index in [1.165, 1.54) is 19.4 Å². The Labute approximate surface area is 125 Å². The van der Waals surface area contributed by atoms with Crippen molar-refractivity contribution in [3.8, 4) is 0 Å². The Balaban J connectivity index is 1.52. The summed E-state index contributed by atoms with van der Waals surface area (Å²) in [5.41, 5.74) is 0.603. The topological polar surface area (TPSA) is 53.4 Å². The van der Waals surface area contributed by atoms with Crippen LogP contribution in [0.2, 0.25) is 0 Å². The number of hydrogen-bond acceptors (Lipinski definition) is 4. The van der Waals surface area contributed by atoms with Gasteiger partial charge in [-0.05, 0) is 32.2 Å². The van der Waals surface area contributed by atoms with Crippen molar-refractivity contribution in [2.75, 3.05) is 38.0 Å². The first-order valence-corrected chi connectivity index (χ1v) is 8.15. The zero-order valence-corrected chi connectivity index (χ0v) is 12.4. The minimum atomic E-state index is 0.104. The van der Waals surface area contributed by atoms with Crippen LogP contribution in [0.15, 0.2) is 6.20 Å². The summed E-state index contributed by atoms with van der Waals surface area (Å²) in [6, 6.07) is 0.562. The zero-order valence-electron chi connectivity index (χ0n) is 12.4. The molecule has 0 aliphatic carbocycles. The molecule has 4 heterocycles. The van der Waals surface area contributed by atoms with E-state index in [0.717, 1.165) is 51.5 Å². The molecular formula is C15H23N5O. The van der Waals surface area contributed by atoms with Gasteiger partial charge in [-0.25, -0.2) is 4.98 Å². The Morgan fingerprint density at radius 3 is 3.00 bits per heavy atom. The summed E-state index contributed by atoms with van der Waals surface area (Å²) in [7, 11) is 0. The van der Waals surface area contributed by atoms with E-state index in [0.29, 0.717) is 11.7 Å². The van der Waals surface area contributed by atoms with Gasteiger partial charge in [0.25, 0.3) is 5.91 Å².